The van der Waals surface area contributed by atoms with Gasteiger partial charge in [-0.15, -0.1) is 11.3 Å². The molecule has 0 atom stereocenters. The highest BCUT2D eigenvalue weighted by Crippen LogP contribution is 2.27. The van der Waals surface area contributed by atoms with E-state index < -0.39 is 0 Å². The molecule has 0 spiro atoms. The number of nitrogens with one attached hydrogen (secondary N) is 3. The zero-order chi connectivity index (χ0) is 19.2. The Balaban J connectivity index is 1.59. The normalized spacial score (nSPS) is 10.3. The summed E-state index contributed by atoms with van der Waals surface area (Å²) in [6.07, 6.45) is 0.984. The minimum absolute atomic E-state index is 0.266. The van der Waals surface area contributed by atoms with Crippen LogP contribution in [0.4, 0.5) is 5.69 Å². The van der Waals surface area contributed by atoms with Crippen molar-refractivity contribution in [1.82, 2.24) is 15.8 Å². The summed E-state index contributed by atoms with van der Waals surface area (Å²) < 4.78 is 0. The van der Waals surface area contributed by atoms with E-state index in [1.54, 1.807) is 0 Å². The molecule has 0 aliphatic heterocycles. The SMILES string of the molecule is CCc1ccc(NC(=S)NNC(=O)c2sc(-c3ccccc3)nc2C)cc1. The molecule has 3 rings (SSSR count). The van der Waals surface area contributed by atoms with Crippen LogP contribution in [0, 0.1) is 6.92 Å². The number of thiocarbonyl (C=S) groups is 1. The molecule has 0 aliphatic carbocycles. The molecular weight excluding hydrogens is 376 g/mol. The van der Waals surface area contributed by atoms with Gasteiger partial charge in [-0.25, -0.2) is 4.98 Å². The predicted molar refractivity (Wildman–Crippen MR) is 115 cm³/mol. The van der Waals surface area contributed by atoms with Crippen LogP contribution < -0.4 is 16.2 Å². The zero-order valence-electron chi connectivity index (χ0n) is 15.1. The van der Waals surface area contributed by atoms with Crippen LogP contribution in [0.5, 0.6) is 0 Å². The minimum Gasteiger partial charge on any atom is -0.331 e. The third-order valence-electron chi connectivity index (χ3n) is 3.93. The average molecular weight is 397 g/mol. The van der Waals surface area contributed by atoms with Crippen molar-refractivity contribution in [3.05, 3.63) is 70.7 Å². The molecule has 0 bridgehead atoms. The van der Waals surface area contributed by atoms with Crippen LogP contribution in [0.25, 0.3) is 10.6 Å². The van der Waals surface area contributed by atoms with Crippen LogP contribution in [-0.4, -0.2) is 16.0 Å². The van der Waals surface area contributed by atoms with Crippen molar-refractivity contribution in [2.75, 3.05) is 5.32 Å². The topological polar surface area (TPSA) is 66.0 Å². The summed E-state index contributed by atoms with van der Waals surface area (Å²) in [5.74, 6) is -0.266. The summed E-state index contributed by atoms with van der Waals surface area (Å²) in [7, 11) is 0. The fourth-order valence-corrected chi connectivity index (χ4v) is 3.60. The van der Waals surface area contributed by atoms with Crippen LogP contribution in [-0.2, 0) is 6.42 Å². The number of nitrogens with zero attached hydrogens (tertiary/aromatic N) is 1. The van der Waals surface area contributed by atoms with Crippen molar-refractivity contribution in [2.24, 2.45) is 0 Å². The predicted octanol–water partition coefficient (Wildman–Crippen LogP) is 4.31. The number of benzene rings is 2. The first-order chi connectivity index (χ1) is 13.1. The Kier molecular flexibility index (Phi) is 6.16. The summed E-state index contributed by atoms with van der Waals surface area (Å²) in [6.45, 7) is 3.93. The molecule has 138 valence electrons. The molecule has 0 fully saturated rings. The number of carbonyl (C=O) groups is 1. The first kappa shape index (κ1) is 19.0. The largest absolute Gasteiger partial charge is 0.331 e. The van der Waals surface area contributed by atoms with Crippen LogP contribution in [0.2, 0.25) is 0 Å². The lowest BCUT2D eigenvalue weighted by Crippen LogP contribution is -2.43. The van der Waals surface area contributed by atoms with Crippen LogP contribution in [0.3, 0.4) is 0 Å². The van der Waals surface area contributed by atoms with Crippen molar-refractivity contribution >= 4 is 40.3 Å². The molecule has 0 radical (unpaired) electrons. The van der Waals surface area contributed by atoms with Crippen molar-refractivity contribution in [3.8, 4) is 10.6 Å². The van der Waals surface area contributed by atoms with Gasteiger partial charge in [-0.3, -0.25) is 15.6 Å². The van der Waals surface area contributed by atoms with Crippen molar-refractivity contribution in [3.63, 3.8) is 0 Å². The molecule has 0 unspecified atom stereocenters. The molecule has 5 nitrogen and oxygen atoms in total. The highest BCUT2D eigenvalue weighted by molar-refractivity contribution is 7.80. The van der Waals surface area contributed by atoms with Gasteiger partial charge in [-0.2, -0.15) is 0 Å². The van der Waals surface area contributed by atoms with Gasteiger partial charge in [0.2, 0.25) is 0 Å². The van der Waals surface area contributed by atoms with E-state index in [1.165, 1.54) is 16.9 Å². The standard InChI is InChI=1S/C20H20N4OS2/c1-3-14-9-11-16(12-10-14)22-20(26)24-23-18(25)17-13(2)21-19(27-17)15-7-5-4-6-8-15/h4-12H,3H2,1-2H3,(H,23,25)(H2,22,24,26). The molecule has 3 N–H and O–H groups in total. The Hall–Kier alpha value is -2.77. The number of aryl methyl sites for hydroxylation is 2. The van der Waals surface area contributed by atoms with Gasteiger partial charge in [0, 0.05) is 11.3 Å². The van der Waals surface area contributed by atoms with E-state index in [0.717, 1.165) is 22.7 Å². The number of hydrogen-bond acceptors (Lipinski definition) is 4. The molecule has 2 aromatic carbocycles. The third-order valence-corrected chi connectivity index (χ3v) is 5.34. The fraction of sp³-hybridized carbons (Fsp3) is 0.150. The van der Waals surface area contributed by atoms with E-state index in [1.807, 2.05) is 61.5 Å². The lowest BCUT2D eigenvalue weighted by atomic mass is 10.1. The van der Waals surface area contributed by atoms with E-state index in [2.05, 4.69) is 28.1 Å². The Morgan fingerprint density at radius 3 is 2.44 bits per heavy atom. The summed E-state index contributed by atoms with van der Waals surface area (Å²) in [4.78, 5) is 17.5. The molecule has 0 saturated heterocycles. The molecule has 1 aromatic heterocycles. The van der Waals surface area contributed by atoms with E-state index in [0.29, 0.717) is 15.7 Å². The van der Waals surface area contributed by atoms with E-state index in [4.69, 9.17) is 12.2 Å². The van der Waals surface area contributed by atoms with E-state index in [-0.39, 0.29) is 5.91 Å². The second-order valence-electron chi connectivity index (χ2n) is 5.88. The van der Waals surface area contributed by atoms with E-state index >= 15 is 0 Å². The highest BCUT2D eigenvalue weighted by atomic mass is 32.1. The Morgan fingerprint density at radius 1 is 1.07 bits per heavy atom. The fourth-order valence-electron chi connectivity index (χ4n) is 2.47. The molecule has 1 amide bonds. The van der Waals surface area contributed by atoms with Crippen molar-refractivity contribution < 1.29 is 4.79 Å². The summed E-state index contributed by atoms with van der Waals surface area (Å²) in [5, 5.41) is 4.17. The maximum absolute atomic E-state index is 12.5. The average Bonchev–Trinajstić information content (AvgIpc) is 3.09. The summed E-state index contributed by atoms with van der Waals surface area (Å²) >= 11 is 6.58. The van der Waals surface area contributed by atoms with Gasteiger partial charge in [0.15, 0.2) is 5.11 Å². The van der Waals surface area contributed by atoms with Gasteiger partial charge >= 0.3 is 0 Å². The smallest absolute Gasteiger partial charge is 0.281 e. The third kappa shape index (κ3) is 4.90. The number of thiazole rings is 1. The summed E-state index contributed by atoms with van der Waals surface area (Å²) in [6, 6.07) is 17.8. The second kappa shape index (κ2) is 8.75. The minimum atomic E-state index is -0.266. The van der Waals surface area contributed by atoms with Crippen LogP contribution in [0.1, 0.15) is 27.9 Å². The number of hydrogen-bond donors (Lipinski definition) is 3. The second-order valence-corrected chi connectivity index (χ2v) is 7.29. The number of amides is 1. The first-order valence-corrected chi connectivity index (χ1v) is 9.78. The van der Waals surface area contributed by atoms with Gasteiger partial charge in [0.25, 0.3) is 5.91 Å². The van der Waals surface area contributed by atoms with Crippen molar-refractivity contribution in [1.29, 1.82) is 0 Å². The lowest BCUT2D eigenvalue weighted by molar-refractivity contribution is 0.0947. The number of carbonyl (C=O) groups excluding carboxylic acids is 1. The Labute approximate surface area is 167 Å². The van der Waals surface area contributed by atoms with Crippen LogP contribution >= 0.6 is 23.6 Å². The van der Waals surface area contributed by atoms with Crippen LogP contribution in [0.15, 0.2) is 54.6 Å². The molecule has 3 aromatic rings. The lowest BCUT2D eigenvalue weighted by Gasteiger charge is -2.11. The number of anilines is 1. The van der Waals surface area contributed by atoms with E-state index in [9.17, 15) is 4.79 Å². The number of rotatable bonds is 4. The van der Waals surface area contributed by atoms with Gasteiger partial charge in [0.1, 0.15) is 9.88 Å². The van der Waals surface area contributed by atoms with Gasteiger partial charge < -0.3 is 5.32 Å². The maximum atomic E-state index is 12.5. The Bertz CT molecular complexity index is 936. The molecular formula is C20H20N4OS2. The molecule has 0 saturated carbocycles. The maximum Gasteiger partial charge on any atom is 0.281 e. The van der Waals surface area contributed by atoms with Crippen molar-refractivity contribution in [2.45, 2.75) is 20.3 Å². The number of aromatic nitrogens is 1. The quantitative estimate of drug-likeness (QED) is 0.453. The van der Waals surface area contributed by atoms with Gasteiger partial charge in [0.05, 0.1) is 5.69 Å². The zero-order valence-corrected chi connectivity index (χ0v) is 16.7. The molecule has 27 heavy (non-hydrogen) atoms. The van der Waals surface area contributed by atoms with Gasteiger partial charge in [-0.05, 0) is 43.3 Å². The highest BCUT2D eigenvalue weighted by Gasteiger charge is 2.16. The monoisotopic (exact) mass is 396 g/mol. The Morgan fingerprint density at radius 2 is 1.78 bits per heavy atom. The van der Waals surface area contributed by atoms with Gasteiger partial charge in [-0.1, -0.05) is 49.4 Å². The molecule has 0 aliphatic rings. The first-order valence-electron chi connectivity index (χ1n) is 8.56. The summed E-state index contributed by atoms with van der Waals surface area (Å²) in [5.41, 5.74) is 9.15. The number of hydrazine groups is 1. The molecule has 7 heteroatoms. The molecule has 1 heterocycles.